The van der Waals surface area contributed by atoms with E-state index in [4.69, 9.17) is 0 Å². The largest absolute Gasteiger partial charge is 0.366 e. The van der Waals surface area contributed by atoms with E-state index >= 15 is 0 Å². The normalized spacial score (nSPS) is 17.8. The second-order valence-corrected chi connectivity index (χ2v) is 4.67. The number of hydrogen-bond acceptors (Lipinski definition) is 2. The van der Waals surface area contributed by atoms with Crippen LogP contribution in [-0.2, 0) is 7.05 Å². The molecule has 2 rings (SSSR count). The summed E-state index contributed by atoms with van der Waals surface area (Å²) < 4.78 is 1.93. The molecule has 1 N–H and O–H groups in total. The molecule has 15 heavy (non-hydrogen) atoms. The highest BCUT2D eigenvalue weighted by Crippen LogP contribution is 2.36. The predicted molar refractivity (Wildman–Crippen MR) is 63.0 cm³/mol. The Morgan fingerprint density at radius 1 is 1.60 bits per heavy atom. The van der Waals surface area contributed by atoms with Crippen molar-refractivity contribution < 1.29 is 0 Å². The van der Waals surface area contributed by atoms with Gasteiger partial charge in [-0.25, -0.2) is 0 Å². The molecule has 0 saturated heterocycles. The lowest BCUT2D eigenvalue weighted by Gasteiger charge is -2.16. The van der Waals surface area contributed by atoms with Crippen LogP contribution in [0.4, 0.5) is 5.82 Å². The number of rotatable bonds is 5. The smallest absolute Gasteiger partial charge is 0.148 e. The lowest BCUT2D eigenvalue weighted by atomic mass is 10.1. The summed E-state index contributed by atoms with van der Waals surface area (Å²) in [6.07, 6.45) is 5.30. The van der Waals surface area contributed by atoms with Gasteiger partial charge in [-0.05, 0) is 32.1 Å². The van der Waals surface area contributed by atoms with E-state index in [2.05, 4.69) is 30.3 Å². The number of anilines is 1. The van der Waals surface area contributed by atoms with E-state index in [-0.39, 0.29) is 0 Å². The summed E-state index contributed by atoms with van der Waals surface area (Å²) in [6, 6.07) is 2.77. The second-order valence-electron chi connectivity index (χ2n) is 4.67. The summed E-state index contributed by atoms with van der Waals surface area (Å²) >= 11 is 0. The maximum Gasteiger partial charge on any atom is 0.148 e. The van der Waals surface area contributed by atoms with Crippen LogP contribution in [0.2, 0.25) is 0 Å². The van der Waals surface area contributed by atoms with E-state index in [1.54, 1.807) is 0 Å². The molecule has 0 radical (unpaired) electrons. The first kappa shape index (κ1) is 10.5. The molecule has 0 amide bonds. The predicted octanol–water partition coefficient (Wildman–Crippen LogP) is 2.72. The van der Waals surface area contributed by atoms with Gasteiger partial charge in [0.05, 0.1) is 0 Å². The van der Waals surface area contributed by atoms with Gasteiger partial charge in [0.1, 0.15) is 5.82 Å². The minimum atomic E-state index is 0.643. The molecule has 3 nitrogen and oxygen atoms in total. The fourth-order valence-corrected chi connectivity index (χ4v) is 2.06. The molecule has 0 aliphatic heterocycles. The van der Waals surface area contributed by atoms with E-state index < -0.39 is 0 Å². The fourth-order valence-electron chi connectivity index (χ4n) is 2.06. The molecule has 0 aromatic carbocycles. The molecule has 1 aliphatic carbocycles. The zero-order valence-corrected chi connectivity index (χ0v) is 9.95. The van der Waals surface area contributed by atoms with Crippen LogP contribution in [0, 0.1) is 12.8 Å². The van der Waals surface area contributed by atoms with E-state index in [1.807, 2.05) is 11.7 Å². The number of nitrogens with zero attached hydrogens (tertiary/aromatic N) is 2. The fraction of sp³-hybridized carbons (Fsp3) is 0.750. The van der Waals surface area contributed by atoms with Gasteiger partial charge in [-0.3, -0.25) is 4.68 Å². The van der Waals surface area contributed by atoms with Crippen LogP contribution in [0.15, 0.2) is 6.07 Å². The monoisotopic (exact) mass is 207 g/mol. The van der Waals surface area contributed by atoms with Crippen molar-refractivity contribution in [2.24, 2.45) is 13.0 Å². The third-order valence-corrected chi connectivity index (χ3v) is 3.24. The summed E-state index contributed by atoms with van der Waals surface area (Å²) in [7, 11) is 1.99. The minimum Gasteiger partial charge on any atom is -0.366 e. The first-order valence-corrected chi connectivity index (χ1v) is 5.98. The van der Waals surface area contributed by atoms with Crippen molar-refractivity contribution in [1.29, 1.82) is 0 Å². The van der Waals surface area contributed by atoms with Crippen LogP contribution < -0.4 is 5.32 Å². The van der Waals surface area contributed by atoms with Gasteiger partial charge in [-0.15, -0.1) is 0 Å². The first-order valence-electron chi connectivity index (χ1n) is 5.98. The molecule has 0 bridgehead atoms. The highest BCUT2D eigenvalue weighted by Gasteiger charge is 2.30. The molecule has 1 heterocycles. The lowest BCUT2D eigenvalue weighted by molar-refractivity contribution is 0.574. The van der Waals surface area contributed by atoms with E-state index in [1.165, 1.54) is 31.4 Å². The zero-order valence-electron chi connectivity index (χ0n) is 9.95. The van der Waals surface area contributed by atoms with Crippen LogP contribution >= 0.6 is 0 Å². The lowest BCUT2D eigenvalue weighted by Crippen LogP contribution is -2.21. The average Bonchev–Trinajstić information content (AvgIpc) is 2.95. The Balaban J connectivity index is 1.98. The number of aryl methyl sites for hydroxylation is 2. The molecule has 1 atom stereocenters. The molecule has 1 aliphatic rings. The molecular formula is C12H21N3. The van der Waals surface area contributed by atoms with Gasteiger partial charge in [0.2, 0.25) is 0 Å². The van der Waals surface area contributed by atoms with Crippen LogP contribution in [0.25, 0.3) is 0 Å². The second kappa shape index (κ2) is 4.25. The molecule has 1 aromatic heterocycles. The number of nitrogens with one attached hydrogen (secondary N) is 1. The van der Waals surface area contributed by atoms with Crippen molar-refractivity contribution in [2.75, 3.05) is 5.32 Å². The van der Waals surface area contributed by atoms with Crippen molar-refractivity contribution >= 4 is 5.82 Å². The molecule has 3 heteroatoms. The van der Waals surface area contributed by atoms with Crippen LogP contribution in [0.5, 0.6) is 0 Å². The topological polar surface area (TPSA) is 29.9 Å². The van der Waals surface area contributed by atoms with E-state index in [0.717, 1.165) is 11.7 Å². The highest BCUT2D eigenvalue weighted by molar-refractivity contribution is 5.37. The minimum absolute atomic E-state index is 0.643. The molecule has 1 unspecified atom stereocenters. The van der Waals surface area contributed by atoms with Gasteiger partial charge in [-0.2, -0.15) is 5.10 Å². The Labute approximate surface area is 91.9 Å². The molecule has 1 aromatic rings. The summed E-state index contributed by atoms with van der Waals surface area (Å²) in [6.45, 7) is 4.34. The van der Waals surface area contributed by atoms with Gasteiger partial charge < -0.3 is 5.32 Å². The maximum absolute atomic E-state index is 4.45. The summed E-state index contributed by atoms with van der Waals surface area (Å²) in [4.78, 5) is 0. The van der Waals surface area contributed by atoms with Crippen LogP contribution in [0.1, 0.15) is 38.3 Å². The third-order valence-electron chi connectivity index (χ3n) is 3.24. The zero-order chi connectivity index (χ0) is 10.8. The Morgan fingerprint density at radius 3 is 2.80 bits per heavy atom. The van der Waals surface area contributed by atoms with Crippen molar-refractivity contribution in [3.63, 3.8) is 0 Å². The van der Waals surface area contributed by atoms with Gasteiger partial charge in [0.15, 0.2) is 0 Å². The number of aromatic nitrogens is 2. The van der Waals surface area contributed by atoms with Crippen molar-refractivity contribution in [2.45, 2.75) is 45.6 Å². The van der Waals surface area contributed by atoms with E-state index in [0.29, 0.717) is 6.04 Å². The molecular weight excluding hydrogens is 186 g/mol. The SMILES string of the molecule is CCCC(Nc1cc(C)n(C)n1)C1CC1. The van der Waals surface area contributed by atoms with Gasteiger partial charge in [0.25, 0.3) is 0 Å². The molecule has 0 spiro atoms. The van der Waals surface area contributed by atoms with Crippen LogP contribution in [0.3, 0.4) is 0 Å². The number of hydrogen-bond donors (Lipinski definition) is 1. The van der Waals surface area contributed by atoms with Crippen molar-refractivity contribution in [3.8, 4) is 0 Å². The van der Waals surface area contributed by atoms with Crippen LogP contribution in [-0.4, -0.2) is 15.8 Å². The van der Waals surface area contributed by atoms with Gasteiger partial charge >= 0.3 is 0 Å². The average molecular weight is 207 g/mol. The maximum atomic E-state index is 4.45. The van der Waals surface area contributed by atoms with Gasteiger partial charge in [-0.1, -0.05) is 13.3 Å². The van der Waals surface area contributed by atoms with Gasteiger partial charge in [0, 0.05) is 24.8 Å². The highest BCUT2D eigenvalue weighted by atomic mass is 15.3. The summed E-state index contributed by atoms with van der Waals surface area (Å²) in [5, 5.41) is 8.02. The Bertz CT molecular complexity index is 306. The quantitative estimate of drug-likeness (QED) is 0.804. The van der Waals surface area contributed by atoms with E-state index in [9.17, 15) is 0 Å². The molecule has 1 saturated carbocycles. The summed E-state index contributed by atoms with van der Waals surface area (Å²) in [5.41, 5.74) is 1.21. The Hall–Kier alpha value is -0.990. The van der Waals surface area contributed by atoms with Crippen molar-refractivity contribution in [3.05, 3.63) is 11.8 Å². The Morgan fingerprint density at radius 2 is 2.33 bits per heavy atom. The molecule has 1 fully saturated rings. The van der Waals surface area contributed by atoms with Crippen molar-refractivity contribution in [1.82, 2.24) is 9.78 Å². The summed E-state index contributed by atoms with van der Waals surface area (Å²) in [5.74, 6) is 1.94. The third kappa shape index (κ3) is 2.52. The standard InChI is InChI=1S/C12H21N3/c1-4-5-11(10-6-7-10)13-12-8-9(2)15(3)14-12/h8,10-11H,4-7H2,1-3H3,(H,13,14). The Kier molecular flexibility index (Phi) is 2.98. The first-order chi connectivity index (χ1) is 7.20. The molecule has 84 valence electrons.